The first-order chi connectivity index (χ1) is 16.4. The van der Waals surface area contributed by atoms with E-state index in [9.17, 15) is 13.2 Å². The van der Waals surface area contributed by atoms with Gasteiger partial charge < -0.3 is 4.90 Å². The number of nitrogens with zero attached hydrogens (tertiary/aromatic N) is 4. The molecule has 0 bridgehead atoms. The number of hydrogen-bond donors (Lipinski definition) is 0. The van der Waals surface area contributed by atoms with E-state index in [0.717, 1.165) is 22.4 Å². The van der Waals surface area contributed by atoms with Crippen LogP contribution < -0.4 is 0 Å². The van der Waals surface area contributed by atoms with Gasteiger partial charge in [-0.2, -0.15) is 9.40 Å². The molecule has 1 fully saturated rings. The Hall–Kier alpha value is -3.23. The summed E-state index contributed by atoms with van der Waals surface area (Å²) < 4.78 is 27.5. The highest BCUT2D eigenvalue weighted by Crippen LogP contribution is 2.24. The van der Waals surface area contributed by atoms with Crippen molar-refractivity contribution in [3.63, 3.8) is 0 Å². The van der Waals surface area contributed by atoms with Gasteiger partial charge in [-0.1, -0.05) is 60.2 Å². The van der Waals surface area contributed by atoms with Crippen LogP contribution in [-0.4, -0.2) is 65.2 Å². The molecule has 34 heavy (non-hydrogen) atoms. The maximum absolute atomic E-state index is 12.8. The molecule has 0 unspecified atom stereocenters. The Labute approximate surface area is 201 Å². The molecule has 2 aromatic carbocycles. The first-order valence-corrected chi connectivity index (χ1v) is 13.1. The lowest BCUT2D eigenvalue weighted by Gasteiger charge is -2.33. The molecule has 7 nitrogen and oxygen atoms in total. The van der Waals surface area contributed by atoms with Crippen LogP contribution in [0.2, 0.25) is 0 Å². The molecule has 3 aromatic rings. The average molecular weight is 479 g/mol. The highest BCUT2D eigenvalue weighted by molar-refractivity contribution is 7.89. The summed E-state index contributed by atoms with van der Waals surface area (Å²) in [6, 6.07) is 18.3. The summed E-state index contributed by atoms with van der Waals surface area (Å²) in [7, 11) is -3.22. The van der Waals surface area contributed by atoms with Crippen LogP contribution in [0.25, 0.3) is 17.3 Å². The third kappa shape index (κ3) is 5.63. The lowest BCUT2D eigenvalue weighted by Crippen LogP contribution is -2.50. The molecule has 2 heterocycles. The zero-order valence-corrected chi connectivity index (χ0v) is 20.4. The van der Waals surface area contributed by atoms with Crippen LogP contribution in [0.5, 0.6) is 0 Å². The number of rotatable bonds is 7. The van der Waals surface area contributed by atoms with Crippen molar-refractivity contribution < 1.29 is 13.2 Å². The van der Waals surface area contributed by atoms with Crippen molar-refractivity contribution in [3.8, 4) is 11.3 Å². The van der Waals surface area contributed by atoms with E-state index in [1.165, 1.54) is 9.87 Å². The molecule has 0 N–H and O–H groups in total. The Morgan fingerprint density at radius 3 is 2.32 bits per heavy atom. The van der Waals surface area contributed by atoms with E-state index in [0.29, 0.717) is 32.7 Å². The summed E-state index contributed by atoms with van der Waals surface area (Å²) in [5.74, 6) is -0.0468. The minimum absolute atomic E-state index is 0.0790. The summed E-state index contributed by atoms with van der Waals surface area (Å²) in [4.78, 5) is 14.5. The van der Waals surface area contributed by atoms with Crippen molar-refractivity contribution in [2.75, 3.05) is 31.9 Å². The number of aryl methyl sites for hydroxylation is 1. The number of carbonyl (C=O) groups is 1. The number of piperazine rings is 1. The molecule has 1 amide bonds. The van der Waals surface area contributed by atoms with Crippen molar-refractivity contribution in [1.29, 1.82) is 0 Å². The SMILES string of the molecule is CCS(=O)(=O)N1CCN(C(=O)/C=C/c2cn(Cc3ccccc3)nc2-c2ccc(C)cc2)CC1. The zero-order valence-electron chi connectivity index (χ0n) is 19.6. The van der Waals surface area contributed by atoms with E-state index in [2.05, 4.69) is 12.1 Å². The minimum atomic E-state index is -3.22. The van der Waals surface area contributed by atoms with E-state index in [-0.39, 0.29) is 11.7 Å². The number of sulfonamides is 1. The number of aromatic nitrogens is 2. The predicted octanol–water partition coefficient (Wildman–Crippen LogP) is 3.41. The van der Waals surface area contributed by atoms with Gasteiger partial charge in [-0.05, 0) is 25.5 Å². The van der Waals surface area contributed by atoms with Gasteiger partial charge in [0.05, 0.1) is 18.0 Å². The van der Waals surface area contributed by atoms with Gasteiger partial charge in [-0.15, -0.1) is 0 Å². The second kappa shape index (κ2) is 10.4. The highest BCUT2D eigenvalue weighted by Gasteiger charge is 2.26. The van der Waals surface area contributed by atoms with Gasteiger partial charge in [-0.25, -0.2) is 8.42 Å². The average Bonchev–Trinajstić information content (AvgIpc) is 3.26. The summed E-state index contributed by atoms with van der Waals surface area (Å²) in [6.45, 7) is 5.76. The molecular formula is C26H30N4O3S. The molecule has 0 spiro atoms. The van der Waals surface area contributed by atoms with E-state index in [1.807, 2.05) is 60.3 Å². The molecule has 4 rings (SSSR count). The summed E-state index contributed by atoms with van der Waals surface area (Å²) in [5, 5.41) is 4.81. The molecule has 8 heteroatoms. The van der Waals surface area contributed by atoms with Crippen molar-refractivity contribution in [1.82, 2.24) is 19.0 Å². The second-order valence-electron chi connectivity index (χ2n) is 8.44. The molecule has 1 aliphatic rings. The first-order valence-electron chi connectivity index (χ1n) is 11.5. The van der Waals surface area contributed by atoms with Gasteiger partial charge in [0.1, 0.15) is 0 Å². The molecule has 1 aliphatic heterocycles. The Balaban J connectivity index is 1.53. The summed E-state index contributed by atoms with van der Waals surface area (Å²) in [6.07, 6.45) is 5.32. The second-order valence-corrected chi connectivity index (χ2v) is 10.7. The summed E-state index contributed by atoms with van der Waals surface area (Å²) >= 11 is 0. The lowest BCUT2D eigenvalue weighted by atomic mass is 10.1. The third-order valence-corrected chi connectivity index (χ3v) is 7.90. The largest absolute Gasteiger partial charge is 0.337 e. The van der Waals surface area contributed by atoms with Gasteiger partial charge in [0, 0.05) is 49.6 Å². The summed E-state index contributed by atoms with van der Waals surface area (Å²) in [5.41, 5.74) is 4.98. The Kier molecular flexibility index (Phi) is 7.29. The Bertz CT molecular complexity index is 1260. The third-order valence-electron chi connectivity index (χ3n) is 6.02. The Morgan fingerprint density at radius 2 is 1.68 bits per heavy atom. The predicted molar refractivity (Wildman–Crippen MR) is 135 cm³/mol. The first kappa shape index (κ1) is 23.9. The van der Waals surface area contributed by atoms with Crippen LogP contribution >= 0.6 is 0 Å². The maximum Gasteiger partial charge on any atom is 0.246 e. The van der Waals surface area contributed by atoms with Gasteiger partial charge in [0.25, 0.3) is 0 Å². The number of benzene rings is 2. The quantitative estimate of drug-likeness (QED) is 0.488. The highest BCUT2D eigenvalue weighted by atomic mass is 32.2. The standard InChI is InChI=1S/C26H30N4O3S/c1-3-34(32,33)30-17-15-28(16-18-30)25(31)14-13-24-20-29(19-22-7-5-4-6-8-22)27-26(24)23-11-9-21(2)10-12-23/h4-14,20H,3,15-19H2,1-2H3/b14-13+. The molecule has 1 aromatic heterocycles. The van der Waals surface area contributed by atoms with Crippen LogP contribution in [0.1, 0.15) is 23.6 Å². The van der Waals surface area contributed by atoms with Crippen LogP contribution in [0.4, 0.5) is 0 Å². The van der Waals surface area contributed by atoms with Gasteiger partial charge in [-0.3, -0.25) is 9.48 Å². The lowest BCUT2D eigenvalue weighted by molar-refractivity contribution is -0.127. The molecule has 0 saturated carbocycles. The molecular weight excluding hydrogens is 448 g/mol. The van der Waals surface area contributed by atoms with E-state index in [4.69, 9.17) is 5.10 Å². The van der Waals surface area contributed by atoms with Crippen molar-refractivity contribution in [2.45, 2.75) is 20.4 Å². The number of amides is 1. The molecule has 0 aliphatic carbocycles. The van der Waals surface area contributed by atoms with Crippen LogP contribution in [0.3, 0.4) is 0 Å². The van der Waals surface area contributed by atoms with Crippen molar-refractivity contribution in [3.05, 3.63) is 83.6 Å². The molecule has 178 valence electrons. The van der Waals surface area contributed by atoms with E-state index < -0.39 is 10.0 Å². The number of hydrogen-bond acceptors (Lipinski definition) is 4. The minimum Gasteiger partial charge on any atom is -0.337 e. The Morgan fingerprint density at radius 1 is 1.00 bits per heavy atom. The fourth-order valence-corrected chi connectivity index (χ4v) is 5.07. The van der Waals surface area contributed by atoms with Crippen molar-refractivity contribution in [2.24, 2.45) is 0 Å². The van der Waals surface area contributed by atoms with Gasteiger partial charge in [0.15, 0.2) is 0 Å². The van der Waals surface area contributed by atoms with Gasteiger partial charge in [0.2, 0.25) is 15.9 Å². The zero-order chi connectivity index (χ0) is 24.1. The topological polar surface area (TPSA) is 75.5 Å². The van der Waals surface area contributed by atoms with Crippen LogP contribution in [0, 0.1) is 6.92 Å². The fraction of sp³-hybridized carbons (Fsp3) is 0.308. The maximum atomic E-state index is 12.8. The van der Waals surface area contributed by atoms with Crippen LogP contribution in [0.15, 0.2) is 66.9 Å². The van der Waals surface area contributed by atoms with Gasteiger partial charge >= 0.3 is 0 Å². The fourth-order valence-electron chi connectivity index (χ4n) is 3.98. The van der Waals surface area contributed by atoms with E-state index in [1.54, 1.807) is 24.0 Å². The molecule has 1 saturated heterocycles. The molecule has 0 atom stereocenters. The normalized spacial score (nSPS) is 15.2. The van der Waals surface area contributed by atoms with Crippen molar-refractivity contribution >= 4 is 22.0 Å². The number of carbonyl (C=O) groups excluding carboxylic acids is 1. The van der Waals surface area contributed by atoms with Crippen LogP contribution in [-0.2, 0) is 21.4 Å². The monoisotopic (exact) mass is 478 g/mol. The van der Waals surface area contributed by atoms with E-state index >= 15 is 0 Å². The smallest absolute Gasteiger partial charge is 0.246 e. The molecule has 0 radical (unpaired) electrons.